The summed E-state index contributed by atoms with van der Waals surface area (Å²) in [6.07, 6.45) is 5.98. The predicted octanol–water partition coefficient (Wildman–Crippen LogP) is 5.80. The summed E-state index contributed by atoms with van der Waals surface area (Å²) >= 11 is 0. The monoisotopic (exact) mass is 370 g/mol. The molecule has 0 N–H and O–H groups in total. The summed E-state index contributed by atoms with van der Waals surface area (Å²) in [5.41, 5.74) is 3.96. The second-order valence-electron chi connectivity index (χ2n) is 8.00. The molecule has 0 bridgehead atoms. The van der Waals surface area contributed by atoms with Crippen LogP contribution in [0.25, 0.3) is 0 Å². The summed E-state index contributed by atoms with van der Waals surface area (Å²) in [4.78, 5) is 14.4. The van der Waals surface area contributed by atoms with Crippen molar-refractivity contribution < 1.29 is 0 Å². The summed E-state index contributed by atoms with van der Waals surface area (Å²) in [7, 11) is 0. The Kier molecular flexibility index (Phi) is 3.90. The van der Waals surface area contributed by atoms with Crippen LogP contribution in [0, 0.1) is 5.92 Å². The van der Waals surface area contributed by atoms with Crippen molar-refractivity contribution in [3.63, 3.8) is 0 Å². The Labute approximate surface area is 166 Å². The fourth-order valence-corrected chi connectivity index (χ4v) is 5.32. The van der Waals surface area contributed by atoms with Crippen LogP contribution in [0.3, 0.4) is 0 Å². The molecule has 0 amide bonds. The molecule has 0 spiro atoms. The maximum Gasteiger partial charge on any atom is 0.178 e. The zero-order valence-corrected chi connectivity index (χ0v) is 16.7. The Bertz CT molecular complexity index is 1000. The van der Waals surface area contributed by atoms with Crippen molar-refractivity contribution in [2.45, 2.75) is 45.2 Å². The highest BCUT2D eigenvalue weighted by Crippen LogP contribution is 2.57. The molecule has 2 aliphatic rings. The third-order valence-corrected chi connectivity index (χ3v) is 6.81. The molecule has 4 heteroatoms. The highest BCUT2D eigenvalue weighted by molar-refractivity contribution is 5.86. The molecule has 28 heavy (non-hydrogen) atoms. The van der Waals surface area contributed by atoms with E-state index in [0.29, 0.717) is 5.92 Å². The smallest absolute Gasteiger partial charge is 0.178 e. The molecule has 0 saturated carbocycles. The SMILES string of the molecule is CCC1C2N(c3ccccc3)c3nccnc3N2c2ccccc2C1(C)CC. The van der Waals surface area contributed by atoms with Crippen LogP contribution in [-0.2, 0) is 5.41 Å². The largest absolute Gasteiger partial charge is 0.302 e. The fraction of sp³-hybridized carbons (Fsp3) is 0.333. The minimum absolute atomic E-state index is 0.0988. The molecule has 0 aliphatic carbocycles. The molecule has 3 unspecified atom stereocenters. The number of fused-ring (bicyclic) bond motifs is 5. The minimum atomic E-state index is 0.0988. The standard InChI is InChI=1S/C24H26N4/c1-4-18-23-27(17-11-7-6-8-12-17)21-22(26-16-15-25-21)28(23)20-14-10-9-13-19(20)24(18,3)5-2/h6-16,18,23H,4-5H2,1-3H3. The van der Waals surface area contributed by atoms with E-state index >= 15 is 0 Å². The van der Waals surface area contributed by atoms with Gasteiger partial charge >= 0.3 is 0 Å². The van der Waals surface area contributed by atoms with Crippen LogP contribution >= 0.6 is 0 Å². The van der Waals surface area contributed by atoms with Gasteiger partial charge in [-0.25, -0.2) is 9.97 Å². The number of hydrogen-bond acceptors (Lipinski definition) is 4. The van der Waals surface area contributed by atoms with E-state index in [1.165, 1.54) is 16.9 Å². The zero-order chi connectivity index (χ0) is 19.3. The Hall–Kier alpha value is -2.88. The first-order valence-corrected chi connectivity index (χ1v) is 10.2. The van der Waals surface area contributed by atoms with Crippen LogP contribution < -0.4 is 9.80 Å². The number of nitrogens with zero attached hydrogens (tertiary/aromatic N) is 4. The van der Waals surface area contributed by atoms with Gasteiger partial charge in [-0.3, -0.25) is 0 Å². The van der Waals surface area contributed by atoms with E-state index in [-0.39, 0.29) is 11.6 Å². The Morgan fingerprint density at radius 1 is 0.857 bits per heavy atom. The average molecular weight is 371 g/mol. The van der Waals surface area contributed by atoms with E-state index in [1.807, 2.05) is 6.20 Å². The first-order valence-electron chi connectivity index (χ1n) is 10.2. The summed E-state index contributed by atoms with van der Waals surface area (Å²) in [5.74, 6) is 2.36. The lowest BCUT2D eigenvalue weighted by Crippen LogP contribution is -2.55. The molecule has 2 aliphatic heterocycles. The van der Waals surface area contributed by atoms with E-state index < -0.39 is 0 Å². The van der Waals surface area contributed by atoms with Gasteiger partial charge in [-0.15, -0.1) is 0 Å². The maximum absolute atomic E-state index is 4.78. The number of hydrogen-bond donors (Lipinski definition) is 0. The van der Waals surface area contributed by atoms with Crippen molar-refractivity contribution >= 4 is 23.0 Å². The molecule has 0 fully saturated rings. The van der Waals surface area contributed by atoms with E-state index in [0.717, 1.165) is 24.5 Å². The lowest BCUT2D eigenvalue weighted by Gasteiger charge is -2.51. The topological polar surface area (TPSA) is 32.3 Å². The van der Waals surface area contributed by atoms with Crippen LogP contribution in [0.2, 0.25) is 0 Å². The molecule has 5 rings (SSSR count). The van der Waals surface area contributed by atoms with Gasteiger partial charge in [0.15, 0.2) is 11.6 Å². The molecular formula is C24H26N4. The zero-order valence-electron chi connectivity index (χ0n) is 16.7. The van der Waals surface area contributed by atoms with Crippen molar-refractivity contribution in [3.05, 3.63) is 72.6 Å². The van der Waals surface area contributed by atoms with Gasteiger partial charge in [0.2, 0.25) is 0 Å². The van der Waals surface area contributed by atoms with Gasteiger partial charge in [0.1, 0.15) is 6.17 Å². The molecule has 0 saturated heterocycles. The Balaban J connectivity index is 1.81. The predicted molar refractivity (Wildman–Crippen MR) is 114 cm³/mol. The van der Waals surface area contributed by atoms with Gasteiger partial charge in [0.25, 0.3) is 0 Å². The third kappa shape index (κ3) is 2.17. The molecule has 2 aromatic carbocycles. The van der Waals surface area contributed by atoms with Gasteiger partial charge < -0.3 is 9.80 Å². The number of para-hydroxylation sites is 2. The summed E-state index contributed by atoms with van der Waals surface area (Å²) in [6, 6.07) is 19.5. The van der Waals surface area contributed by atoms with Gasteiger partial charge in [0.05, 0.1) is 0 Å². The van der Waals surface area contributed by atoms with E-state index in [4.69, 9.17) is 9.97 Å². The van der Waals surface area contributed by atoms with Crippen LogP contribution in [0.5, 0.6) is 0 Å². The Morgan fingerprint density at radius 3 is 2.18 bits per heavy atom. The molecular weight excluding hydrogens is 344 g/mol. The van der Waals surface area contributed by atoms with E-state index in [2.05, 4.69) is 85.2 Å². The second-order valence-corrected chi connectivity index (χ2v) is 8.00. The molecule has 3 atom stereocenters. The molecule has 3 aromatic rings. The van der Waals surface area contributed by atoms with Crippen molar-refractivity contribution in [3.8, 4) is 0 Å². The number of anilines is 4. The second kappa shape index (κ2) is 6.33. The van der Waals surface area contributed by atoms with Crippen molar-refractivity contribution in [1.82, 2.24) is 9.97 Å². The molecule has 4 nitrogen and oxygen atoms in total. The number of benzene rings is 2. The van der Waals surface area contributed by atoms with Crippen LogP contribution in [-0.4, -0.2) is 16.1 Å². The van der Waals surface area contributed by atoms with Crippen LogP contribution in [0.1, 0.15) is 39.2 Å². The van der Waals surface area contributed by atoms with Crippen LogP contribution in [0.15, 0.2) is 67.0 Å². The van der Waals surface area contributed by atoms with Crippen molar-refractivity contribution in [1.29, 1.82) is 0 Å². The van der Waals surface area contributed by atoms with Crippen LogP contribution in [0.4, 0.5) is 23.0 Å². The third-order valence-electron chi connectivity index (χ3n) is 6.81. The van der Waals surface area contributed by atoms with Gasteiger partial charge in [-0.2, -0.15) is 0 Å². The Morgan fingerprint density at radius 2 is 1.50 bits per heavy atom. The van der Waals surface area contributed by atoms with Gasteiger partial charge in [-0.05, 0) is 36.6 Å². The van der Waals surface area contributed by atoms with E-state index in [1.54, 1.807) is 6.20 Å². The fourth-order valence-electron chi connectivity index (χ4n) is 5.32. The average Bonchev–Trinajstić information content (AvgIpc) is 3.09. The number of rotatable bonds is 3. The van der Waals surface area contributed by atoms with Crippen molar-refractivity contribution in [2.75, 3.05) is 9.80 Å². The van der Waals surface area contributed by atoms with Crippen molar-refractivity contribution in [2.24, 2.45) is 5.92 Å². The molecule has 142 valence electrons. The highest BCUT2D eigenvalue weighted by atomic mass is 15.5. The molecule has 0 radical (unpaired) electrons. The highest BCUT2D eigenvalue weighted by Gasteiger charge is 2.54. The molecule has 1 aromatic heterocycles. The first kappa shape index (κ1) is 17.2. The summed E-state index contributed by atoms with van der Waals surface area (Å²) < 4.78 is 0. The normalized spacial score (nSPS) is 25.2. The quantitative estimate of drug-likeness (QED) is 0.583. The van der Waals surface area contributed by atoms with E-state index in [9.17, 15) is 0 Å². The maximum atomic E-state index is 4.78. The summed E-state index contributed by atoms with van der Waals surface area (Å²) in [5, 5.41) is 0. The first-order chi connectivity index (χ1) is 13.7. The molecule has 3 heterocycles. The van der Waals surface area contributed by atoms with Gasteiger partial charge in [0, 0.05) is 35.1 Å². The summed E-state index contributed by atoms with van der Waals surface area (Å²) in [6.45, 7) is 7.07. The lowest BCUT2D eigenvalue weighted by atomic mass is 9.64. The lowest BCUT2D eigenvalue weighted by molar-refractivity contribution is 0.221. The number of aromatic nitrogens is 2. The minimum Gasteiger partial charge on any atom is -0.302 e. The van der Waals surface area contributed by atoms with Gasteiger partial charge in [-0.1, -0.05) is 57.2 Å².